The van der Waals surface area contributed by atoms with E-state index in [1.54, 1.807) is 7.11 Å². The molecule has 0 spiro atoms. The van der Waals surface area contributed by atoms with Crippen LogP contribution in [0.1, 0.15) is 57.1 Å². The molecule has 1 aromatic rings. The fourth-order valence-electron chi connectivity index (χ4n) is 3.81. The van der Waals surface area contributed by atoms with Crippen LogP contribution in [0.4, 0.5) is 0 Å². The van der Waals surface area contributed by atoms with Gasteiger partial charge in [-0.15, -0.1) is 0 Å². The van der Waals surface area contributed by atoms with Crippen molar-refractivity contribution >= 4 is 11.6 Å². The summed E-state index contributed by atoms with van der Waals surface area (Å²) in [6, 6.07) is 6.26. The van der Waals surface area contributed by atoms with Crippen LogP contribution in [-0.4, -0.2) is 14.2 Å². The summed E-state index contributed by atoms with van der Waals surface area (Å²) in [6.45, 7) is 2.29. The summed E-state index contributed by atoms with van der Waals surface area (Å²) in [7, 11) is 3.78. The second-order valence-electron chi connectivity index (χ2n) is 6.22. The van der Waals surface area contributed by atoms with Gasteiger partial charge in [0.25, 0.3) is 0 Å². The van der Waals surface area contributed by atoms with E-state index in [0.717, 1.165) is 16.7 Å². The zero-order chi connectivity index (χ0) is 15.2. The van der Waals surface area contributed by atoms with Crippen molar-refractivity contribution in [3.05, 3.63) is 28.8 Å². The van der Waals surface area contributed by atoms with Gasteiger partial charge in [-0.25, -0.2) is 0 Å². The average molecular weight is 310 g/mol. The van der Waals surface area contributed by atoms with Gasteiger partial charge in [0.05, 0.1) is 7.11 Å². The van der Waals surface area contributed by atoms with E-state index in [9.17, 15) is 0 Å². The SMILES string of the molecule is CCCC1CCC(C(NC)c2cc(Cl)ccc2OC)CC1. The maximum atomic E-state index is 6.19. The molecule has 2 rings (SSSR count). The fourth-order valence-corrected chi connectivity index (χ4v) is 3.99. The Morgan fingerprint density at radius 1 is 1.29 bits per heavy atom. The molecule has 1 atom stereocenters. The van der Waals surface area contributed by atoms with Crippen molar-refractivity contribution < 1.29 is 4.74 Å². The van der Waals surface area contributed by atoms with Crippen molar-refractivity contribution in [1.29, 1.82) is 0 Å². The molecule has 118 valence electrons. The maximum Gasteiger partial charge on any atom is 0.123 e. The summed E-state index contributed by atoms with van der Waals surface area (Å²) in [6.07, 6.45) is 8.02. The summed E-state index contributed by atoms with van der Waals surface area (Å²) in [4.78, 5) is 0. The number of ether oxygens (including phenoxy) is 1. The number of benzene rings is 1. The first-order valence-electron chi connectivity index (χ1n) is 8.20. The zero-order valence-electron chi connectivity index (χ0n) is 13.5. The van der Waals surface area contributed by atoms with E-state index in [2.05, 4.69) is 18.3 Å². The Morgan fingerprint density at radius 3 is 2.57 bits per heavy atom. The highest BCUT2D eigenvalue weighted by molar-refractivity contribution is 6.30. The molecule has 1 N–H and O–H groups in total. The van der Waals surface area contributed by atoms with Crippen LogP contribution in [0.5, 0.6) is 5.75 Å². The molecule has 0 amide bonds. The van der Waals surface area contributed by atoms with Crippen LogP contribution in [0.2, 0.25) is 5.02 Å². The van der Waals surface area contributed by atoms with E-state index in [1.807, 2.05) is 19.2 Å². The molecule has 0 aromatic heterocycles. The van der Waals surface area contributed by atoms with Crippen molar-refractivity contribution in [3.8, 4) is 5.75 Å². The average Bonchev–Trinajstić information content (AvgIpc) is 2.50. The number of rotatable bonds is 6. The molecule has 0 saturated heterocycles. The normalized spacial score (nSPS) is 23.8. The van der Waals surface area contributed by atoms with Crippen molar-refractivity contribution in [3.63, 3.8) is 0 Å². The molecule has 1 aliphatic rings. The van der Waals surface area contributed by atoms with Gasteiger partial charge in [-0.3, -0.25) is 0 Å². The summed E-state index contributed by atoms with van der Waals surface area (Å²) in [5, 5.41) is 4.28. The van der Waals surface area contributed by atoms with E-state index in [-0.39, 0.29) is 0 Å². The Morgan fingerprint density at radius 2 is 2.00 bits per heavy atom. The van der Waals surface area contributed by atoms with Gasteiger partial charge in [-0.05, 0) is 49.9 Å². The highest BCUT2D eigenvalue weighted by atomic mass is 35.5. The molecule has 0 radical (unpaired) electrons. The number of hydrogen-bond donors (Lipinski definition) is 1. The maximum absolute atomic E-state index is 6.19. The molecule has 1 aromatic carbocycles. The largest absolute Gasteiger partial charge is 0.496 e. The van der Waals surface area contributed by atoms with Gasteiger partial charge in [0, 0.05) is 16.6 Å². The zero-order valence-corrected chi connectivity index (χ0v) is 14.2. The molecular formula is C18H28ClNO. The first-order chi connectivity index (χ1) is 10.2. The lowest BCUT2D eigenvalue weighted by Gasteiger charge is -2.34. The van der Waals surface area contributed by atoms with Gasteiger partial charge in [-0.1, -0.05) is 44.2 Å². The number of nitrogens with one attached hydrogen (secondary N) is 1. The third-order valence-electron chi connectivity index (χ3n) is 4.90. The smallest absolute Gasteiger partial charge is 0.123 e. The van der Waals surface area contributed by atoms with E-state index in [1.165, 1.54) is 44.1 Å². The van der Waals surface area contributed by atoms with Gasteiger partial charge >= 0.3 is 0 Å². The Bertz CT molecular complexity index is 441. The molecule has 3 heteroatoms. The molecule has 21 heavy (non-hydrogen) atoms. The van der Waals surface area contributed by atoms with Crippen molar-refractivity contribution in [1.82, 2.24) is 5.32 Å². The highest BCUT2D eigenvalue weighted by Gasteiger charge is 2.29. The fraction of sp³-hybridized carbons (Fsp3) is 0.667. The summed E-state index contributed by atoms with van der Waals surface area (Å²) < 4.78 is 5.53. The molecule has 1 aliphatic carbocycles. The first kappa shape index (κ1) is 16.6. The van der Waals surface area contributed by atoms with E-state index in [4.69, 9.17) is 16.3 Å². The lowest BCUT2D eigenvalue weighted by atomic mass is 9.75. The summed E-state index contributed by atoms with van der Waals surface area (Å²) in [5.74, 6) is 2.55. The lowest BCUT2D eigenvalue weighted by Crippen LogP contribution is -2.29. The second-order valence-corrected chi connectivity index (χ2v) is 6.66. The lowest BCUT2D eigenvalue weighted by molar-refractivity contribution is 0.217. The third kappa shape index (κ3) is 4.14. The number of hydrogen-bond acceptors (Lipinski definition) is 2. The third-order valence-corrected chi connectivity index (χ3v) is 5.13. The molecule has 1 saturated carbocycles. The monoisotopic (exact) mass is 309 g/mol. The Labute approximate surface area is 134 Å². The summed E-state index contributed by atoms with van der Waals surface area (Å²) >= 11 is 6.19. The number of halogens is 1. The van der Waals surface area contributed by atoms with Crippen molar-refractivity contribution in [2.45, 2.75) is 51.5 Å². The van der Waals surface area contributed by atoms with Gasteiger partial charge < -0.3 is 10.1 Å². The minimum absolute atomic E-state index is 0.334. The van der Waals surface area contributed by atoms with Crippen molar-refractivity contribution in [2.75, 3.05) is 14.2 Å². The van der Waals surface area contributed by atoms with Crippen LogP contribution in [0.3, 0.4) is 0 Å². The predicted molar refractivity (Wildman–Crippen MR) is 90.2 cm³/mol. The molecule has 1 unspecified atom stereocenters. The van der Waals surface area contributed by atoms with Crippen LogP contribution < -0.4 is 10.1 Å². The van der Waals surface area contributed by atoms with Crippen LogP contribution in [-0.2, 0) is 0 Å². The summed E-state index contributed by atoms with van der Waals surface area (Å²) in [5.41, 5.74) is 1.20. The standard InChI is InChI=1S/C18H28ClNO/c1-4-5-13-6-8-14(9-7-13)18(20-2)16-12-15(19)10-11-17(16)21-3/h10-14,18,20H,4-9H2,1-3H3. The van der Waals surface area contributed by atoms with E-state index >= 15 is 0 Å². The van der Waals surface area contributed by atoms with Gasteiger partial charge in [0.15, 0.2) is 0 Å². The van der Waals surface area contributed by atoms with E-state index in [0.29, 0.717) is 12.0 Å². The van der Waals surface area contributed by atoms with Crippen LogP contribution in [0.25, 0.3) is 0 Å². The number of methoxy groups -OCH3 is 1. The first-order valence-corrected chi connectivity index (χ1v) is 8.58. The molecule has 2 nitrogen and oxygen atoms in total. The molecule has 0 aliphatic heterocycles. The Kier molecular flexibility index (Phi) is 6.38. The van der Waals surface area contributed by atoms with Gasteiger partial charge in [0.2, 0.25) is 0 Å². The van der Waals surface area contributed by atoms with Crippen LogP contribution in [0.15, 0.2) is 18.2 Å². The molecule has 0 heterocycles. The second kappa shape index (κ2) is 8.05. The van der Waals surface area contributed by atoms with Crippen LogP contribution >= 0.6 is 11.6 Å². The van der Waals surface area contributed by atoms with E-state index < -0.39 is 0 Å². The van der Waals surface area contributed by atoms with Crippen LogP contribution in [0, 0.1) is 11.8 Å². The Balaban J connectivity index is 2.12. The topological polar surface area (TPSA) is 21.3 Å². The Hall–Kier alpha value is -0.730. The van der Waals surface area contributed by atoms with Gasteiger partial charge in [-0.2, -0.15) is 0 Å². The molecule has 1 fully saturated rings. The highest BCUT2D eigenvalue weighted by Crippen LogP contribution is 2.41. The minimum atomic E-state index is 0.334. The predicted octanol–water partition coefficient (Wildman–Crippen LogP) is 5.22. The molecule has 0 bridgehead atoms. The van der Waals surface area contributed by atoms with Crippen molar-refractivity contribution in [2.24, 2.45) is 11.8 Å². The van der Waals surface area contributed by atoms with Gasteiger partial charge in [0.1, 0.15) is 5.75 Å². The quantitative estimate of drug-likeness (QED) is 0.778. The minimum Gasteiger partial charge on any atom is -0.496 e. The molecular weight excluding hydrogens is 282 g/mol.